The van der Waals surface area contributed by atoms with Crippen LogP contribution in [-0.4, -0.2) is 67.2 Å². The lowest BCUT2D eigenvalue weighted by atomic mass is 10.1. The van der Waals surface area contributed by atoms with Crippen molar-refractivity contribution in [1.29, 1.82) is 0 Å². The van der Waals surface area contributed by atoms with Crippen molar-refractivity contribution in [2.24, 2.45) is 5.73 Å². The molecule has 18 heavy (non-hydrogen) atoms. The lowest BCUT2D eigenvalue weighted by Gasteiger charge is -2.39. The summed E-state index contributed by atoms with van der Waals surface area (Å²) in [6.45, 7) is 6.92. The standard InChI is InChI=1S/C13H25N3O2/c1-11-10-18-7-6-16(11)12(9-14)8-13(17)15-4-2-3-5-15/h11-12H,2-10,14H2,1H3. The van der Waals surface area contributed by atoms with Gasteiger partial charge in [0.1, 0.15) is 0 Å². The first-order valence-electron chi connectivity index (χ1n) is 7.03. The van der Waals surface area contributed by atoms with E-state index in [9.17, 15) is 4.79 Å². The average Bonchev–Trinajstić information content (AvgIpc) is 2.90. The van der Waals surface area contributed by atoms with Gasteiger partial charge in [0.25, 0.3) is 0 Å². The van der Waals surface area contributed by atoms with E-state index in [2.05, 4.69) is 11.8 Å². The van der Waals surface area contributed by atoms with Crippen LogP contribution in [-0.2, 0) is 9.53 Å². The molecule has 104 valence electrons. The maximum atomic E-state index is 12.2. The summed E-state index contributed by atoms with van der Waals surface area (Å²) in [5.74, 6) is 0.265. The Hall–Kier alpha value is -0.650. The molecule has 2 atom stereocenters. The van der Waals surface area contributed by atoms with Crippen LogP contribution in [0.4, 0.5) is 0 Å². The first kappa shape index (κ1) is 13.8. The van der Waals surface area contributed by atoms with E-state index in [0.717, 1.165) is 45.7 Å². The van der Waals surface area contributed by atoms with Crippen LogP contribution in [0, 0.1) is 0 Å². The van der Waals surface area contributed by atoms with Gasteiger partial charge >= 0.3 is 0 Å². The Bertz CT molecular complexity index is 279. The van der Waals surface area contributed by atoms with Crippen molar-refractivity contribution in [3.8, 4) is 0 Å². The number of carbonyl (C=O) groups excluding carboxylic acids is 1. The predicted octanol–water partition coefficient (Wildman–Crippen LogP) is 0.0469. The Kier molecular flexibility index (Phi) is 4.97. The lowest BCUT2D eigenvalue weighted by molar-refractivity contribution is -0.132. The summed E-state index contributed by atoms with van der Waals surface area (Å²) < 4.78 is 5.43. The van der Waals surface area contributed by atoms with Crippen molar-refractivity contribution in [3.05, 3.63) is 0 Å². The number of hydrogen-bond acceptors (Lipinski definition) is 4. The van der Waals surface area contributed by atoms with Gasteiger partial charge < -0.3 is 15.4 Å². The van der Waals surface area contributed by atoms with Crippen LogP contribution in [0.25, 0.3) is 0 Å². The Balaban J connectivity index is 1.89. The highest BCUT2D eigenvalue weighted by atomic mass is 16.5. The SMILES string of the molecule is CC1COCCN1C(CN)CC(=O)N1CCCC1. The smallest absolute Gasteiger partial charge is 0.224 e. The van der Waals surface area contributed by atoms with Gasteiger partial charge in [-0.3, -0.25) is 9.69 Å². The lowest BCUT2D eigenvalue weighted by Crippen LogP contribution is -2.53. The molecule has 2 unspecified atom stereocenters. The van der Waals surface area contributed by atoms with E-state index in [0.29, 0.717) is 19.0 Å². The molecule has 5 heteroatoms. The fourth-order valence-corrected chi connectivity index (χ4v) is 2.92. The number of ether oxygens (including phenoxy) is 1. The fraction of sp³-hybridized carbons (Fsp3) is 0.923. The van der Waals surface area contributed by atoms with Gasteiger partial charge in [0, 0.05) is 44.7 Å². The number of hydrogen-bond donors (Lipinski definition) is 1. The van der Waals surface area contributed by atoms with Crippen molar-refractivity contribution in [1.82, 2.24) is 9.80 Å². The Morgan fingerprint density at radius 1 is 1.39 bits per heavy atom. The highest BCUT2D eigenvalue weighted by Gasteiger charge is 2.29. The highest BCUT2D eigenvalue weighted by molar-refractivity contribution is 5.77. The summed E-state index contributed by atoms with van der Waals surface area (Å²) in [4.78, 5) is 16.5. The highest BCUT2D eigenvalue weighted by Crippen LogP contribution is 2.16. The third kappa shape index (κ3) is 3.22. The first-order chi connectivity index (χ1) is 8.72. The van der Waals surface area contributed by atoms with Gasteiger partial charge in [0.05, 0.1) is 13.2 Å². The van der Waals surface area contributed by atoms with Gasteiger partial charge in [-0.2, -0.15) is 0 Å². The van der Waals surface area contributed by atoms with Gasteiger partial charge in [-0.1, -0.05) is 0 Å². The molecule has 0 bridgehead atoms. The molecule has 0 spiro atoms. The van der Waals surface area contributed by atoms with E-state index in [1.165, 1.54) is 0 Å². The van der Waals surface area contributed by atoms with E-state index in [-0.39, 0.29) is 11.9 Å². The molecule has 0 saturated carbocycles. The fourth-order valence-electron chi connectivity index (χ4n) is 2.92. The van der Waals surface area contributed by atoms with Gasteiger partial charge in [-0.05, 0) is 19.8 Å². The van der Waals surface area contributed by atoms with E-state index in [1.54, 1.807) is 0 Å². The average molecular weight is 255 g/mol. The van der Waals surface area contributed by atoms with Crippen molar-refractivity contribution in [3.63, 3.8) is 0 Å². The predicted molar refractivity (Wildman–Crippen MR) is 70.3 cm³/mol. The molecule has 2 aliphatic heterocycles. The molecule has 5 nitrogen and oxygen atoms in total. The third-order valence-corrected chi connectivity index (χ3v) is 4.03. The van der Waals surface area contributed by atoms with E-state index >= 15 is 0 Å². The number of rotatable bonds is 4. The monoisotopic (exact) mass is 255 g/mol. The summed E-state index contributed by atoms with van der Waals surface area (Å²) in [5.41, 5.74) is 5.86. The molecule has 0 aromatic carbocycles. The van der Waals surface area contributed by atoms with Gasteiger partial charge in [-0.25, -0.2) is 0 Å². The quantitative estimate of drug-likeness (QED) is 0.771. The maximum absolute atomic E-state index is 12.2. The first-order valence-corrected chi connectivity index (χ1v) is 7.03. The molecule has 2 N–H and O–H groups in total. The minimum Gasteiger partial charge on any atom is -0.379 e. The van der Waals surface area contributed by atoms with E-state index in [4.69, 9.17) is 10.5 Å². The molecule has 0 aromatic heterocycles. The van der Waals surface area contributed by atoms with Gasteiger partial charge in [-0.15, -0.1) is 0 Å². The Morgan fingerprint density at radius 3 is 2.72 bits per heavy atom. The molecule has 2 rings (SSSR count). The molecule has 0 aliphatic carbocycles. The largest absolute Gasteiger partial charge is 0.379 e. The number of likely N-dealkylation sites (tertiary alicyclic amines) is 1. The third-order valence-electron chi connectivity index (χ3n) is 4.03. The zero-order chi connectivity index (χ0) is 13.0. The molecular formula is C13H25N3O2. The minimum atomic E-state index is 0.164. The van der Waals surface area contributed by atoms with Crippen LogP contribution in [0.5, 0.6) is 0 Å². The van der Waals surface area contributed by atoms with Crippen molar-refractivity contribution >= 4 is 5.91 Å². The second-order valence-corrected chi connectivity index (χ2v) is 5.34. The number of amides is 1. The van der Waals surface area contributed by atoms with Gasteiger partial charge in [0.2, 0.25) is 5.91 Å². The summed E-state index contributed by atoms with van der Waals surface area (Å²) in [6.07, 6.45) is 2.85. The van der Waals surface area contributed by atoms with E-state index in [1.807, 2.05) is 4.90 Å². The van der Waals surface area contributed by atoms with Crippen LogP contribution in [0.1, 0.15) is 26.2 Å². The van der Waals surface area contributed by atoms with Crippen LogP contribution in [0.3, 0.4) is 0 Å². The molecule has 1 amide bonds. The van der Waals surface area contributed by atoms with Crippen molar-refractivity contribution < 1.29 is 9.53 Å². The second-order valence-electron chi connectivity index (χ2n) is 5.34. The number of morpholine rings is 1. The molecule has 0 aromatic rings. The Labute approximate surface area is 109 Å². The number of nitrogens with two attached hydrogens (primary N) is 1. The van der Waals surface area contributed by atoms with Gasteiger partial charge in [0.15, 0.2) is 0 Å². The molecule has 2 fully saturated rings. The minimum absolute atomic E-state index is 0.164. The zero-order valence-electron chi connectivity index (χ0n) is 11.3. The summed E-state index contributed by atoms with van der Waals surface area (Å²) in [5, 5.41) is 0. The normalized spacial score (nSPS) is 27.4. The molecule has 2 heterocycles. The van der Waals surface area contributed by atoms with E-state index < -0.39 is 0 Å². The molecule has 2 aliphatic rings. The summed E-state index contributed by atoms with van der Waals surface area (Å²) in [6, 6.07) is 0.524. The molecule has 0 radical (unpaired) electrons. The van der Waals surface area contributed by atoms with Crippen LogP contribution in [0.2, 0.25) is 0 Å². The number of carbonyl (C=O) groups is 1. The summed E-state index contributed by atoms with van der Waals surface area (Å²) >= 11 is 0. The zero-order valence-corrected chi connectivity index (χ0v) is 11.3. The number of nitrogens with zero attached hydrogens (tertiary/aromatic N) is 2. The van der Waals surface area contributed by atoms with Crippen LogP contribution < -0.4 is 5.73 Å². The topological polar surface area (TPSA) is 58.8 Å². The Morgan fingerprint density at radius 2 is 2.11 bits per heavy atom. The van der Waals surface area contributed by atoms with Crippen molar-refractivity contribution in [2.75, 3.05) is 39.4 Å². The molecule has 2 saturated heterocycles. The van der Waals surface area contributed by atoms with Crippen LogP contribution in [0.15, 0.2) is 0 Å². The summed E-state index contributed by atoms with van der Waals surface area (Å²) in [7, 11) is 0. The second kappa shape index (κ2) is 6.50. The maximum Gasteiger partial charge on any atom is 0.224 e. The molecular weight excluding hydrogens is 230 g/mol. The van der Waals surface area contributed by atoms with Crippen LogP contribution >= 0.6 is 0 Å². The van der Waals surface area contributed by atoms with Crippen molar-refractivity contribution in [2.45, 2.75) is 38.3 Å².